The highest BCUT2D eigenvalue weighted by molar-refractivity contribution is 5.94. The molecule has 116 valence electrons. The van der Waals surface area contributed by atoms with Gasteiger partial charge in [-0.15, -0.1) is 0 Å². The molecule has 0 bridgehead atoms. The van der Waals surface area contributed by atoms with Crippen molar-refractivity contribution in [3.63, 3.8) is 0 Å². The van der Waals surface area contributed by atoms with Crippen molar-refractivity contribution < 1.29 is 4.79 Å². The molecule has 5 nitrogen and oxygen atoms in total. The predicted molar refractivity (Wildman–Crippen MR) is 88.0 cm³/mol. The van der Waals surface area contributed by atoms with Crippen LogP contribution in [0.4, 0.5) is 0 Å². The molecule has 2 N–H and O–H groups in total. The number of pyridine rings is 1. The number of aromatic amines is 1. The number of nitrogens with zero attached hydrogens (tertiary/aromatic N) is 1. The van der Waals surface area contributed by atoms with Gasteiger partial charge in [0.2, 0.25) is 0 Å². The molecule has 0 aliphatic heterocycles. The standard InChI is InChI=1S/C17H21N3O2/c1-3-20(2)12-11-18-16(21)14-9-10-15(19-17(14)22)13-7-5-4-6-8-13/h4-10H,3,11-12H2,1-2H3,(H,18,21)(H,19,22). The van der Waals surface area contributed by atoms with Gasteiger partial charge in [0.05, 0.1) is 0 Å². The van der Waals surface area contributed by atoms with Crippen LogP contribution in [0.5, 0.6) is 0 Å². The monoisotopic (exact) mass is 299 g/mol. The summed E-state index contributed by atoms with van der Waals surface area (Å²) in [5.41, 5.74) is 1.38. The quantitative estimate of drug-likeness (QED) is 0.853. The zero-order chi connectivity index (χ0) is 15.9. The summed E-state index contributed by atoms with van der Waals surface area (Å²) in [6, 6.07) is 12.9. The Bertz CT molecular complexity index is 680. The van der Waals surface area contributed by atoms with Crippen molar-refractivity contribution in [2.45, 2.75) is 6.92 Å². The van der Waals surface area contributed by atoms with Crippen LogP contribution in [0.3, 0.4) is 0 Å². The van der Waals surface area contributed by atoms with E-state index >= 15 is 0 Å². The first kappa shape index (κ1) is 16.0. The predicted octanol–water partition coefficient (Wildman–Crippen LogP) is 1.72. The molecule has 0 unspecified atom stereocenters. The molecule has 0 saturated heterocycles. The van der Waals surface area contributed by atoms with E-state index in [1.165, 1.54) is 0 Å². The van der Waals surface area contributed by atoms with E-state index in [-0.39, 0.29) is 17.0 Å². The minimum absolute atomic E-state index is 0.138. The first-order valence-electron chi connectivity index (χ1n) is 7.37. The SMILES string of the molecule is CCN(C)CCNC(=O)c1ccc(-c2ccccc2)[nH]c1=O. The minimum Gasteiger partial charge on any atom is -0.351 e. The Morgan fingerprint density at radius 3 is 2.55 bits per heavy atom. The number of H-pyrrole nitrogens is 1. The molecule has 1 heterocycles. The maximum absolute atomic E-state index is 12.1. The Morgan fingerprint density at radius 1 is 1.18 bits per heavy atom. The lowest BCUT2D eigenvalue weighted by atomic mass is 10.1. The van der Waals surface area contributed by atoms with Crippen LogP contribution in [0.25, 0.3) is 11.3 Å². The molecule has 5 heteroatoms. The highest BCUT2D eigenvalue weighted by atomic mass is 16.2. The van der Waals surface area contributed by atoms with Gasteiger partial charge in [0.1, 0.15) is 5.56 Å². The number of likely N-dealkylation sites (N-methyl/N-ethyl adjacent to an activating group) is 1. The van der Waals surface area contributed by atoms with Gasteiger partial charge in [0, 0.05) is 18.8 Å². The molecule has 0 spiro atoms. The van der Waals surface area contributed by atoms with Gasteiger partial charge in [-0.25, -0.2) is 0 Å². The van der Waals surface area contributed by atoms with E-state index in [1.807, 2.05) is 37.4 Å². The van der Waals surface area contributed by atoms with Gasteiger partial charge in [-0.3, -0.25) is 9.59 Å². The van der Waals surface area contributed by atoms with Crippen LogP contribution in [-0.4, -0.2) is 42.5 Å². The maximum atomic E-state index is 12.1. The van der Waals surface area contributed by atoms with Crippen LogP contribution in [0.2, 0.25) is 0 Å². The largest absolute Gasteiger partial charge is 0.351 e. The first-order chi connectivity index (χ1) is 10.6. The van der Waals surface area contributed by atoms with Crippen molar-refractivity contribution in [1.29, 1.82) is 0 Å². The number of benzene rings is 1. The van der Waals surface area contributed by atoms with Crippen molar-refractivity contribution in [3.8, 4) is 11.3 Å². The molecule has 2 aromatic rings. The number of carbonyl (C=O) groups excluding carboxylic acids is 1. The van der Waals surface area contributed by atoms with Crippen LogP contribution < -0.4 is 10.9 Å². The van der Waals surface area contributed by atoms with E-state index in [0.717, 1.165) is 18.7 Å². The van der Waals surface area contributed by atoms with Crippen molar-refractivity contribution in [2.24, 2.45) is 0 Å². The van der Waals surface area contributed by atoms with Crippen LogP contribution in [0.15, 0.2) is 47.3 Å². The van der Waals surface area contributed by atoms with Crippen LogP contribution in [0.1, 0.15) is 17.3 Å². The number of carbonyl (C=O) groups is 1. The average molecular weight is 299 g/mol. The lowest BCUT2D eigenvalue weighted by molar-refractivity contribution is 0.0948. The van der Waals surface area contributed by atoms with E-state index in [9.17, 15) is 9.59 Å². The molecule has 22 heavy (non-hydrogen) atoms. The molecule has 0 radical (unpaired) electrons. The van der Waals surface area contributed by atoms with Gasteiger partial charge < -0.3 is 15.2 Å². The summed E-state index contributed by atoms with van der Waals surface area (Å²) in [7, 11) is 1.98. The third-order valence-corrected chi connectivity index (χ3v) is 3.56. The van der Waals surface area contributed by atoms with Crippen molar-refractivity contribution >= 4 is 5.91 Å². The molecule has 0 atom stereocenters. The zero-order valence-electron chi connectivity index (χ0n) is 12.9. The summed E-state index contributed by atoms with van der Waals surface area (Å²) >= 11 is 0. The summed E-state index contributed by atoms with van der Waals surface area (Å²) in [5, 5.41) is 2.76. The van der Waals surface area contributed by atoms with Gasteiger partial charge in [-0.1, -0.05) is 37.3 Å². The lowest BCUT2D eigenvalue weighted by Gasteiger charge is -2.13. The maximum Gasteiger partial charge on any atom is 0.261 e. The molecular weight excluding hydrogens is 278 g/mol. The van der Waals surface area contributed by atoms with E-state index in [0.29, 0.717) is 12.2 Å². The Balaban J connectivity index is 2.07. The van der Waals surface area contributed by atoms with Gasteiger partial charge in [0.25, 0.3) is 11.5 Å². The number of hydrogen-bond acceptors (Lipinski definition) is 3. The summed E-state index contributed by atoms with van der Waals surface area (Å²) in [5.74, 6) is -0.342. The van der Waals surface area contributed by atoms with Crippen LogP contribution in [0, 0.1) is 0 Å². The minimum atomic E-state index is -0.373. The van der Waals surface area contributed by atoms with Gasteiger partial charge in [-0.2, -0.15) is 0 Å². The second kappa shape index (κ2) is 7.56. The van der Waals surface area contributed by atoms with E-state index in [2.05, 4.69) is 22.1 Å². The Labute approximate surface area is 130 Å². The van der Waals surface area contributed by atoms with E-state index in [1.54, 1.807) is 12.1 Å². The van der Waals surface area contributed by atoms with Gasteiger partial charge in [0.15, 0.2) is 0 Å². The van der Waals surface area contributed by atoms with Crippen molar-refractivity contribution in [3.05, 3.63) is 58.4 Å². The molecule has 0 fully saturated rings. The van der Waals surface area contributed by atoms with Crippen LogP contribution >= 0.6 is 0 Å². The fourth-order valence-electron chi connectivity index (χ4n) is 2.05. The smallest absolute Gasteiger partial charge is 0.261 e. The number of amides is 1. The number of nitrogens with one attached hydrogen (secondary N) is 2. The molecule has 1 amide bonds. The summed E-state index contributed by atoms with van der Waals surface area (Å²) < 4.78 is 0. The number of hydrogen-bond donors (Lipinski definition) is 2. The normalized spacial score (nSPS) is 10.7. The third-order valence-electron chi connectivity index (χ3n) is 3.56. The van der Waals surface area contributed by atoms with Crippen molar-refractivity contribution in [1.82, 2.24) is 15.2 Å². The third kappa shape index (κ3) is 4.05. The summed E-state index contributed by atoms with van der Waals surface area (Å²) in [6.45, 7) is 4.24. The van der Waals surface area contributed by atoms with E-state index in [4.69, 9.17) is 0 Å². The molecule has 1 aromatic heterocycles. The van der Waals surface area contributed by atoms with Crippen LogP contribution in [-0.2, 0) is 0 Å². The van der Waals surface area contributed by atoms with Gasteiger partial charge in [-0.05, 0) is 31.3 Å². The van der Waals surface area contributed by atoms with Crippen molar-refractivity contribution in [2.75, 3.05) is 26.7 Å². The topological polar surface area (TPSA) is 65.2 Å². The molecular formula is C17H21N3O2. The molecule has 0 saturated carbocycles. The number of aromatic nitrogens is 1. The van der Waals surface area contributed by atoms with Gasteiger partial charge >= 0.3 is 0 Å². The fourth-order valence-corrected chi connectivity index (χ4v) is 2.05. The highest BCUT2D eigenvalue weighted by Crippen LogP contribution is 2.14. The first-order valence-corrected chi connectivity index (χ1v) is 7.37. The van der Waals surface area contributed by atoms with E-state index < -0.39 is 0 Å². The Morgan fingerprint density at radius 2 is 1.91 bits per heavy atom. The second-order valence-corrected chi connectivity index (χ2v) is 5.13. The molecule has 2 rings (SSSR count). The fraction of sp³-hybridized carbons (Fsp3) is 0.294. The highest BCUT2D eigenvalue weighted by Gasteiger charge is 2.11. The summed E-state index contributed by atoms with van der Waals surface area (Å²) in [4.78, 5) is 29.0. The molecule has 0 aliphatic carbocycles. The Kier molecular flexibility index (Phi) is 5.49. The molecule has 0 aliphatic rings. The molecule has 1 aromatic carbocycles. The Hall–Kier alpha value is -2.40. The zero-order valence-corrected chi connectivity index (χ0v) is 12.9. The number of rotatable bonds is 6. The average Bonchev–Trinajstić information content (AvgIpc) is 2.55. The second-order valence-electron chi connectivity index (χ2n) is 5.13. The lowest BCUT2D eigenvalue weighted by Crippen LogP contribution is -2.35. The summed E-state index contributed by atoms with van der Waals surface area (Å²) in [6.07, 6.45) is 0.